The van der Waals surface area contributed by atoms with E-state index in [-0.39, 0.29) is 5.56 Å². The second kappa shape index (κ2) is 6.68. The van der Waals surface area contributed by atoms with Crippen molar-refractivity contribution in [2.75, 3.05) is 13.2 Å². The lowest BCUT2D eigenvalue weighted by atomic mass is 10.1. The molecule has 0 fully saturated rings. The molecular formula is C15H16N4O2. The molecule has 2 aromatic rings. The van der Waals surface area contributed by atoms with Gasteiger partial charge in [-0.05, 0) is 30.2 Å². The summed E-state index contributed by atoms with van der Waals surface area (Å²) in [6, 6.07) is 8.83. The zero-order chi connectivity index (χ0) is 15.2. The summed E-state index contributed by atoms with van der Waals surface area (Å²) in [4.78, 5) is 12.0. The van der Waals surface area contributed by atoms with Gasteiger partial charge in [0.2, 0.25) is 0 Å². The molecule has 21 heavy (non-hydrogen) atoms. The Balaban J connectivity index is 2.20. The van der Waals surface area contributed by atoms with Gasteiger partial charge in [0.1, 0.15) is 12.4 Å². The molecule has 0 atom stereocenters. The van der Waals surface area contributed by atoms with Crippen LogP contribution in [0.15, 0.2) is 35.3 Å². The minimum Gasteiger partial charge on any atom is -0.490 e. The molecule has 0 saturated heterocycles. The van der Waals surface area contributed by atoms with Crippen molar-refractivity contribution in [3.8, 4) is 11.8 Å². The maximum atomic E-state index is 12.0. The number of nitriles is 1. The van der Waals surface area contributed by atoms with Gasteiger partial charge in [0.05, 0.1) is 24.4 Å². The van der Waals surface area contributed by atoms with Crippen LogP contribution in [0, 0.1) is 18.3 Å². The fourth-order valence-corrected chi connectivity index (χ4v) is 1.90. The first-order valence-corrected chi connectivity index (χ1v) is 6.53. The van der Waals surface area contributed by atoms with E-state index in [9.17, 15) is 4.79 Å². The molecular weight excluding hydrogens is 268 g/mol. The van der Waals surface area contributed by atoms with Crippen LogP contribution < -0.4 is 16.0 Å². The van der Waals surface area contributed by atoms with Crippen molar-refractivity contribution in [2.45, 2.75) is 13.5 Å². The van der Waals surface area contributed by atoms with Gasteiger partial charge >= 0.3 is 0 Å². The highest BCUT2D eigenvalue weighted by Crippen LogP contribution is 2.11. The molecule has 2 N–H and O–H groups in total. The molecule has 0 spiro atoms. The zero-order valence-electron chi connectivity index (χ0n) is 11.7. The van der Waals surface area contributed by atoms with Crippen LogP contribution in [-0.2, 0) is 6.54 Å². The molecule has 0 aliphatic heterocycles. The van der Waals surface area contributed by atoms with E-state index < -0.39 is 0 Å². The van der Waals surface area contributed by atoms with Crippen LogP contribution in [0.2, 0.25) is 0 Å². The second-order valence-electron chi connectivity index (χ2n) is 4.58. The van der Waals surface area contributed by atoms with Crippen molar-refractivity contribution < 1.29 is 4.74 Å². The highest BCUT2D eigenvalue weighted by molar-refractivity contribution is 5.37. The van der Waals surface area contributed by atoms with Crippen molar-refractivity contribution >= 4 is 0 Å². The summed E-state index contributed by atoms with van der Waals surface area (Å²) in [5.41, 5.74) is 7.59. The fourth-order valence-electron chi connectivity index (χ4n) is 1.90. The molecule has 0 saturated carbocycles. The van der Waals surface area contributed by atoms with E-state index in [4.69, 9.17) is 15.7 Å². The first kappa shape index (κ1) is 14.8. The van der Waals surface area contributed by atoms with Crippen molar-refractivity contribution in [2.24, 2.45) is 5.73 Å². The maximum Gasteiger partial charge on any atom is 0.270 e. The molecule has 6 nitrogen and oxygen atoms in total. The molecule has 1 heterocycles. The summed E-state index contributed by atoms with van der Waals surface area (Å²) in [5, 5.41) is 12.9. The zero-order valence-corrected chi connectivity index (χ0v) is 11.7. The molecule has 0 aliphatic rings. The number of ether oxygens (including phenoxy) is 1. The van der Waals surface area contributed by atoms with Crippen molar-refractivity contribution in [1.82, 2.24) is 9.78 Å². The minimum absolute atomic E-state index is 0.242. The summed E-state index contributed by atoms with van der Waals surface area (Å²) >= 11 is 0. The van der Waals surface area contributed by atoms with Crippen LogP contribution in [-0.4, -0.2) is 22.9 Å². The van der Waals surface area contributed by atoms with Crippen LogP contribution in [0.4, 0.5) is 0 Å². The average molecular weight is 284 g/mol. The van der Waals surface area contributed by atoms with E-state index >= 15 is 0 Å². The van der Waals surface area contributed by atoms with Gasteiger partial charge in [-0.3, -0.25) is 4.79 Å². The fraction of sp³-hybridized carbons (Fsp3) is 0.267. The quantitative estimate of drug-likeness (QED) is 0.876. The number of aryl methyl sites for hydroxylation is 1. The van der Waals surface area contributed by atoms with Gasteiger partial charge in [0, 0.05) is 12.6 Å². The normalized spacial score (nSPS) is 10.1. The van der Waals surface area contributed by atoms with Crippen LogP contribution in [0.5, 0.6) is 5.75 Å². The van der Waals surface area contributed by atoms with Crippen molar-refractivity contribution in [3.05, 3.63) is 57.5 Å². The maximum absolute atomic E-state index is 12.0. The Kier molecular flexibility index (Phi) is 4.69. The smallest absolute Gasteiger partial charge is 0.270 e. The third-order valence-electron chi connectivity index (χ3n) is 3.02. The Morgan fingerprint density at radius 2 is 2.24 bits per heavy atom. The predicted octanol–water partition coefficient (Wildman–Crippen LogP) is 0.809. The van der Waals surface area contributed by atoms with Crippen molar-refractivity contribution in [3.63, 3.8) is 0 Å². The third kappa shape index (κ3) is 3.68. The monoisotopic (exact) mass is 284 g/mol. The predicted molar refractivity (Wildman–Crippen MR) is 78.0 cm³/mol. The Morgan fingerprint density at radius 1 is 1.43 bits per heavy atom. The average Bonchev–Trinajstić information content (AvgIpc) is 2.49. The van der Waals surface area contributed by atoms with Gasteiger partial charge < -0.3 is 10.5 Å². The summed E-state index contributed by atoms with van der Waals surface area (Å²) in [6.45, 7) is 2.99. The number of rotatable bonds is 5. The van der Waals surface area contributed by atoms with Crippen LogP contribution in [0.1, 0.15) is 16.7 Å². The molecule has 0 amide bonds. The lowest BCUT2D eigenvalue weighted by Crippen LogP contribution is -2.23. The van der Waals surface area contributed by atoms with Gasteiger partial charge in [0.15, 0.2) is 0 Å². The molecule has 1 aromatic carbocycles. The standard InChI is InChI=1S/C15H16N4O2/c1-11-6-12(8-17)2-3-13(11)10-19-15(20)7-14(9-18-19)21-5-4-16/h2-3,6-7,9H,4-5,10,16H2,1H3. The van der Waals surface area contributed by atoms with E-state index in [1.807, 2.05) is 13.0 Å². The largest absolute Gasteiger partial charge is 0.490 e. The van der Waals surface area contributed by atoms with Gasteiger partial charge in [-0.15, -0.1) is 0 Å². The highest BCUT2D eigenvalue weighted by Gasteiger charge is 2.05. The van der Waals surface area contributed by atoms with Crippen LogP contribution >= 0.6 is 0 Å². The van der Waals surface area contributed by atoms with E-state index in [1.165, 1.54) is 16.9 Å². The van der Waals surface area contributed by atoms with E-state index in [1.54, 1.807) is 12.1 Å². The highest BCUT2D eigenvalue weighted by atomic mass is 16.5. The van der Waals surface area contributed by atoms with E-state index in [0.717, 1.165) is 11.1 Å². The number of benzene rings is 1. The Labute approximate surface area is 122 Å². The van der Waals surface area contributed by atoms with Crippen LogP contribution in [0.25, 0.3) is 0 Å². The van der Waals surface area contributed by atoms with Gasteiger partial charge in [-0.25, -0.2) is 4.68 Å². The summed E-state index contributed by atoms with van der Waals surface area (Å²) in [5.74, 6) is 0.415. The Hall–Kier alpha value is -2.65. The number of hydrogen-bond acceptors (Lipinski definition) is 5. The molecule has 108 valence electrons. The molecule has 0 aliphatic carbocycles. The molecule has 0 bridgehead atoms. The first-order valence-electron chi connectivity index (χ1n) is 6.53. The molecule has 2 rings (SSSR count). The Bertz CT molecular complexity index is 731. The Morgan fingerprint density at radius 3 is 2.86 bits per heavy atom. The van der Waals surface area contributed by atoms with Gasteiger partial charge in [-0.2, -0.15) is 10.4 Å². The summed E-state index contributed by atoms with van der Waals surface area (Å²) in [7, 11) is 0. The minimum atomic E-state index is -0.242. The molecule has 6 heteroatoms. The first-order chi connectivity index (χ1) is 10.1. The van der Waals surface area contributed by atoms with Gasteiger partial charge in [-0.1, -0.05) is 6.07 Å². The SMILES string of the molecule is Cc1cc(C#N)ccc1Cn1ncc(OCCN)cc1=O. The molecule has 1 aromatic heterocycles. The third-order valence-corrected chi connectivity index (χ3v) is 3.02. The van der Waals surface area contributed by atoms with E-state index in [0.29, 0.717) is 31.0 Å². The number of hydrogen-bond donors (Lipinski definition) is 1. The lowest BCUT2D eigenvalue weighted by Gasteiger charge is -2.09. The topological polar surface area (TPSA) is 93.9 Å². The summed E-state index contributed by atoms with van der Waals surface area (Å²) in [6.07, 6.45) is 1.50. The van der Waals surface area contributed by atoms with Crippen molar-refractivity contribution in [1.29, 1.82) is 5.26 Å². The lowest BCUT2D eigenvalue weighted by molar-refractivity contribution is 0.324. The number of aromatic nitrogens is 2. The number of nitrogens with zero attached hydrogens (tertiary/aromatic N) is 3. The van der Waals surface area contributed by atoms with Gasteiger partial charge in [0.25, 0.3) is 5.56 Å². The molecule has 0 unspecified atom stereocenters. The van der Waals surface area contributed by atoms with E-state index in [2.05, 4.69) is 11.2 Å². The molecule has 0 radical (unpaired) electrons. The van der Waals surface area contributed by atoms with Crippen LogP contribution in [0.3, 0.4) is 0 Å². The number of nitrogens with two attached hydrogens (primary N) is 1. The second-order valence-corrected chi connectivity index (χ2v) is 4.58. The summed E-state index contributed by atoms with van der Waals surface area (Å²) < 4.78 is 6.61.